The summed E-state index contributed by atoms with van der Waals surface area (Å²) in [5, 5.41) is 20.2. The normalized spacial score (nSPS) is 28.5. The summed E-state index contributed by atoms with van der Waals surface area (Å²) in [6, 6.07) is 0. The van der Waals surface area contributed by atoms with Crippen molar-refractivity contribution in [1.29, 1.82) is 0 Å². The van der Waals surface area contributed by atoms with Crippen molar-refractivity contribution in [3.63, 3.8) is 0 Å². The van der Waals surface area contributed by atoms with Gasteiger partial charge in [0, 0.05) is 0 Å². The van der Waals surface area contributed by atoms with Gasteiger partial charge in [0.1, 0.15) is 0 Å². The number of fused-ring (bicyclic) bond motifs is 2. The summed E-state index contributed by atoms with van der Waals surface area (Å²) in [6.45, 7) is 7.03. The van der Waals surface area contributed by atoms with Crippen LogP contribution in [0.5, 0.6) is 0 Å². The molecule has 17 heavy (non-hydrogen) atoms. The predicted molar refractivity (Wildman–Crippen MR) is 68.3 cm³/mol. The molecule has 3 nitrogen and oxygen atoms in total. The Morgan fingerprint density at radius 3 is 2.35 bits per heavy atom. The fourth-order valence-corrected chi connectivity index (χ4v) is 2.65. The average Bonchev–Trinajstić information content (AvgIpc) is 2.75. The molecule has 0 aliphatic heterocycles. The molecule has 96 valence electrons. The van der Waals surface area contributed by atoms with Crippen molar-refractivity contribution in [2.45, 2.75) is 58.2 Å². The minimum absolute atomic E-state index is 0.493. The molecule has 2 bridgehead atoms. The molecule has 0 aromatic rings. The second kappa shape index (κ2) is 4.11. The molecule has 2 aliphatic carbocycles. The molecule has 0 unspecified atom stereocenters. The van der Waals surface area contributed by atoms with Crippen molar-refractivity contribution in [2.75, 3.05) is 0 Å². The van der Waals surface area contributed by atoms with Crippen molar-refractivity contribution < 1.29 is 14.8 Å². The van der Waals surface area contributed by atoms with Crippen LogP contribution in [-0.2, 0) is 4.65 Å². The molecular formula is C13H23BO3. The molecule has 0 aromatic heterocycles. The van der Waals surface area contributed by atoms with Crippen molar-refractivity contribution in [3.05, 3.63) is 11.5 Å². The Morgan fingerprint density at radius 1 is 1.29 bits per heavy atom. The van der Waals surface area contributed by atoms with E-state index in [0.29, 0.717) is 11.8 Å². The Morgan fingerprint density at radius 2 is 1.94 bits per heavy atom. The van der Waals surface area contributed by atoms with Crippen LogP contribution in [0.4, 0.5) is 0 Å². The smallest absolute Gasteiger partial charge is 0.423 e. The standard InChI is InChI=1S/C13H23BO3/c1-12(2,15)13(3,4)17-14(16)11-8-9-5-6-10(11)7-9/h8-10,15-16H,5-7H2,1-4H3/t9-,10+/m0/s1. The second-order valence-electron chi connectivity index (χ2n) is 6.48. The Hall–Kier alpha value is -0.315. The van der Waals surface area contributed by atoms with Gasteiger partial charge in [-0.25, -0.2) is 0 Å². The molecule has 0 spiro atoms. The van der Waals surface area contributed by atoms with E-state index < -0.39 is 18.3 Å². The maximum Gasteiger partial charge on any atom is 0.487 e. The molecule has 0 saturated heterocycles. The predicted octanol–water partition coefficient (Wildman–Crippen LogP) is 1.93. The average molecular weight is 238 g/mol. The van der Waals surface area contributed by atoms with Crippen molar-refractivity contribution in [1.82, 2.24) is 0 Å². The van der Waals surface area contributed by atoms with Gasteiger partial charge in [0.15, 0.2) is 0 Å². The number of allylic oxidation sites excluding steroid dienone is 2. The summed E-state index contributed by atoms with van der Waals surface area (Å²) in [6.07, 6.45) is 5.74. The third-order valence-corrected chi connectivity index (χ3v) is 4.54. The summed E-state index contributed by atoms with van der Waals surface area (Å²) in [7, 11) is -0.869. The molecule has 0 aromatic carbocycles. The summed E-state index contributed by atoms with van der Waals surface area (Å²) >= 11 is 0. The van der Waals surface area contributed by atoms with Crippen LogP contribution >= 0.6 is 0 Å². The highest BCUT2D eigenvalue weighted by atomic mass is 16.5. The van der Waals surface area contributed by atoms with E-state index in [1.165, 1.54) is 19.3 Å². The Kier molecular flexibility index (Phi) is 3.17. The molecule has 0 heterocycles. The van der Waals surface area contributed by atoms with Gasteiger partial charge in [-0.3, -0.25) is 0 Å². The lowest BCUT2D eigenvalue weighted by atomic mass is 9.70. The van der Waals surface area contributed by atoms with E-state index in [-0.39, 0.29) is 0 Å². The van der Waals surface area contributed by atoms with Crippen LogP contribution in [0.3, 0.4) is 0 Å². The van der Waals surface area contributed by atoms with E-state index in [0.717, 1.165) is 5.47 Å². The SMILES string of the molecule is CC(C)(O)C(C)(C)OB(O)C1=C[C@H]2CC[C@@H]1C2. The Labute approximate surface area is 104 Å². The lowest BCUT2D eigenvalue weighted by Gasteiger charge is -2.39. The number of rotatable bonds is 4. The summed E-state index contributed by atoms with van der Waals surface area (Å²) < 4.78 is 5.68. The van der Waals surface area contributed by atoms with Gasteiger partial charge in [-0.05, 0) is 64.3 Å². The van der Waals surface area contributed by atoms with Gasteiger partial charge in [-0.2, -0.15) is 0 Å². The highest BCUT2D eigenvalue weighted by Crippen LogP contribution is 2.44. The molecule has 0 amide bonds. The number of aliphatic hydroxyl groups is 1. The van der Waals surface area contributed by atoms with E-state index in [1.54, 1.807) is 13.8 Å². The van der Waals surface area contributed by atoms with E-state index in [2.05, 4.69) is 6.08 Å². The van der Waals surface area contributed by atoms with Gasteiger partial charge < -0.3 is 14.8 Å². The van der Waals surface area contributed by atoms with Crippen LogP contribution in [0.25, 0.3) is 0 Å². The van der Waals surface area contributed by atoms with E-state index in [1.807, 2.05) is 13.8 Å². The van der Waals surface area contributed by atoms with Gasteiger partial charge >= 0.3 is 7.12 Å². The third-order valence-electron chi connectivity index (χ3n) is 4.54. The first-order valence-corrected chi connectivity index (χ1v) is 6.50. The molecule has 2 N–H and O–H groups in total. The number of hydrogen-bond acceptors (Lipinski definition) is 3. The first-order chi connectivity index (χ1) is 7.71. The first-order valence-electron chi connectivity index (χ1n) is 6.50. The zero-order valence-electron chi connectivity index (χ0n) is 11.2. The number of hydrogen-bond donors (Lipinski definition) is 2. The first kappa shape index (κ1) is 13.1. The quantitative estimate of drug-likeness (QED) is 0.736. The second-order valence-corrected chi connectivity index (χ2v) is 6.48. The molecule has 4 heteroatoms. The van der Waals surface area contributed by atoms with Crippen LogP contribution in [0.2, 0.25) is 0 Å². The van der Waals surface area contributed by atoms with Crippen molar-refractivity contribution in [3.8, 4) is 0 Å². The zero-order valence-corrected chi connectivity index (χ0v) is 11.2. The van der Waals surface area contributed by atoms with Crippen LogP contribution < -0.4 is 0 Å². The van der Waals surface area contributed by atoms with Crippen LogP contribution in [0.15, 0.2) is 11.5 Å². The molecule has 1 saturated carbocycles. The fraction of sp³-hybridized carbons (Fsp3) is 0.846. The summed E-state index contributed by atoms with van der Waals surface area (Å²) in [5.41, 5.74) is -0.722. The van der Waals surface area contributed by atoms with Gasteiger partial charge in [-0.15, -0.1) is 0 Å². The van der Waals surface area contributed by atoms with Crippen LogP contribution in [0, 0.1) is 11.8 Å². The minimum atomic E-state index is -0.980. The highest BCUT2D eigenvalue weighted by Gasteiger charge is 2.44. The fourth-order valence-electron chi connectivity index (χ4n) is 2.65. The summed E-state index contributed by atoms with van der Waals surface area (Å²) in [5.74, 6) is 1.13. The molecule has 2 atom stereocenters. The van der Waals surface area contributed by atoms with Crippen molar-refractivity contribution in [2.24, 2.45) is 11.8 Å². The molecule has 0 radical (unpaired) electrons. The zero-order chi connectivity index (χ0) is 12.8. The van der Waals surface area contributed by atoms with Gasteiger partial charge in [-0.1, -0.05) is 6.08 Å². The van der Waals surface area contributed by atoms with Gasteiger partial charge in [0.05, 0.1) is 11.2 Å². The largest absolute Gasteiger partial charge is 0.487 e. The lowest BCUT2D eigenvalue weighted by Crippen LogP contribution is -2.51. The highest BCUT2D eigenvalue weighted by molar-refractivity contribution is 6.52. The van der Waals surface area contributed by atoms with Gasteiger partial charge in [0.25, 0.3) is 0 Å². The molecule has 2 rings (SSSR count). The molecular weight excluding hydrogens is 215 g/mol. The van der Waals surface area contributed by atoms with E-state index in [9.17, 15) is 10.1 Å². The van der Waals surface area contributed by atoms with Crippen LogP contribution in [0.1, 0.15) is 47.0 Å². The minimum Gasteiger partial charge on any atom is -0.423 e. The summed E-state index contributed by atoms with van der Waals surface area (Å²) in [4.78, 5) is 0. The van der Waals surface area contributed by atoms with Gasteiger partial charge in [0.2, 0.25) is 0 Å². The van der Waals surface area contributed by atoms with Crippen LogP contribution in [-0.4, -0.2) is 28.5 Å². The maximum absolute atomic E-state index is 10.2. The third kappa shape index (κ3) is 2.44. The maximum atomic E-state index is 10.2. The molecule has 2 aliphatic rings. The van der Waals surface area contributed by atoms with Crippen molar-refractivity contribution >= 4 is 7.12 Å². The Bertz CT molecular complexity index is 330. The Balaban J connectivity index is 2.03. The molecule has 1 fully saturated rings. The topological polar surface area (TPSA) is 49.7 Å². The van der Waals surface area contributed by atoms with E-state index >= 15 is 0 Å². The lowest BCUT2D eigenvalue weighted by molar-refractivity contribution is -0.0991. The van der Waals surface area contributed by atoms with E-state index in [4.69, 9.17) is 4.65 Å². The monoisotopic (exact) mass is 238 g/mol.